The molecule has 0 radical (unpaired) electrons. The number of anilines is 2. The highest BCUT2D eigenvalue weighted by atomic mass is 35.5. The van der Waals surface area contributed by atoms with Crippen molar-refractivity contribution in [2.24, 2.45) is 0 Å². The fourth-order valence-electron chi connectivity index (χ4n) is 1.53. The summed E-state index contributed by atoms with van der Waals surface area (Å²) in [4.78, 5) is 11.4. The Morgan fingerprint density at radius 2 is 1.86 bits per heavy atom. The third-order valence-corrected chi connectivity index (χ3v) is 3.15. The molecule has 0 aliphatic rings. The molecule has 5 nitrogen and oxygen atoms in total. The number of carbonyl (C=O) groups excluding carboxylic acids is 1. The Balaban J connectivity index is 2.29. The van der Waals surface area contributed by atoms with Crippen LogP contribution >= 0.6 is 23.2 Å². The first-order valence-corrected chi connectivity index (χ1v) is 7.40. The van der Waals surface area contributed by atoms with Crippen molar-refractivity contribution < 1.29 is 9.53 Å². The van der Waals surface area contributed by atoms with Crippen LogP contribution in [0.25, 0.3) is 0 Å². The van der Waals surface area contributed by atoms with Crippen LogP contribution in [0.2, 0.25) is 10.0 Å². The lowest BCUT2D eigenvalue weighted by Gasteiger charge is -2.19. The van der Waals surface area contributed by atoms with Gasteiger partial charge in [0.05, 0.1) is 21.4 Å². The van der Waals surface area contributed by atoms with Gasteiger partial charge in [0, 0.05) is 13.1 Å². The molecule has 1 aromatic carbocycles. The molecule has 0 spiro atoms. The van der Waals surface area contributed by atoms with E-state index in [0.717, 1.165) is 12.1 Å². The number of rotatable bonds is 5. The Morgan fingerprint density at radius 3 is 2.48 bits per heavy atom. The van der Waals surface area contributed by atoms with E-state index in [0.29, 0.717) is 28.8 Å². The van der Waals surface area contributed by atoms with Gasteiger partial charge in [-0.3, -0.25) is 0 Å². The predicted octanol–water partition coefficient (Wildman–Crippen LogP) is 3.90. The van der Waals surface area contributed by atoms with Crippen LogP contribution < -0.4 is 16.4 Å². The molecule has 0 fully saturated rings. The first kappa shape index (κ1) is 17.7. The van der Waals surface area contributed by atoms with E-state index in [1.54, 1.807) is 12.1 Å². The molecule has 0 unspecified atom stereocenters. The van der Waals surface area contributed by atoms with E-state index >= 15 is 0 Å². The Labute approximate surface area is 135 Å². The van der Waals surface area contributed by atoms with E-state index < -0.39 is 11.7 Å². The summed E-state index contributed by atoms with van der Waals surface area (Å²) in [6.07, 6.45) is 0.301. The van der Waals surface area contributed by atoms with Crippen molar-refractivity contribution in [1.82, 2.24) is 5.32 Å². The van der Waals surface area contributed by atoms with Crippen LogP contribution in [0.3, 0.4) is 0 Å². The monoisotopic (exact) mass is 333 g/mol. The molecule has 0 heterocycles. The number of halogens is 2. The van der Waals surface area contributed by atoms with Crippen LogP contribution in [-0.4, -0.2) is 24.8 Å². The van der Waals surface area contributed by atoms with Gasteiger partial charge in [-0.2, -0.15) is 0 Å². The second-order valence-electron chi connectivity index (χ2n) is 5.56. The van der Waals surface area contributed by atoms with Gasteiger partial charge >= 0.3 is 6.09 Å². The highest BCUT2D eigenvalue weighted by Crippen LogP contribution is 2.30. The van der Waals surface area contributed by atoms with E-state index in [1.807, 2.05) is 20.8 Å². The van der Waals surface area contributed by atoms with Crippen molar-refractivity contribution in [3.8, 4) is 0 Å². The second kappa shape index (κ2) is 7.61. The number of nitrogen functional groups attached to an aromatic ring is 1. The Kier molecular flexibility index (Phi) is 6.42. The molecule has 1 aromatic rings. The van der Waals surface area contributed by atoms with Crippen molar-refractivity contribution in [2.75, 3.05) is 24.1 Å². The van der Waals surface area contributed by atoms with Crippen LogP contribution in [0.4, 0.5) is 16.2 Å². The minimum absolute atomic E-state index is 0.420. The average molecular weight is 334 g/mol. The summed E-state index contributed by atoms with van der Waals surface area (Å²) in [5.41, 5.74) is 6.59. The molecular formula is C14H21Cl2N3O2. The van der Waals surface area contributed by atoms with Gasteiger partial charge in [-0.05, 0) is 39.3 Å². The van der Waals surface area contributed by atoms with Gasteiger partial charge < -0.3 is 21.1 Å². The number of nitrogens with two attached hydrogens (primary N) is 1. The molecule has 118 valence electrons. The first-order valence-electron chi connectivity index (χ1n) is 6.64. The quantitative estimate of drug-likeness (QED) is 0.564. The number of ether oxygens (including phenoxy) is 1. The minimum Gasteiger partial charge on any atom is -0.444 e. The van der Waals surface area contributed by atoms with Crippen molar-refractivity contribution in [3.05, 3.63) is 22.2 Å². The van der Waals surface area contributed by atoms with E-state index in [4.69, 9.17) is 33.7 Å². The zero-order valence-corrected chi connectivity index (χ0v) is 13.9. The van der Waals surface area contributed by atoms with Crippen LogP contribution in [0.15, 0.2) is 12.1 Å². The van der Waals surface area contributed by atoms with E-state index in [9.17, 15) is 4.79 Å². The van der Waals surface area contributed by atoms with Gasteiger partial charge in [-0.1, -0.05) is 23.2 Å². The summed E-state index contributed by atoms with van der Waals surface area (Å²) in [6, 6.07) is 3.28. The first-order chi connectivity index (χ1) is 9.69. The van der Waals surface area contributed by atoms with Crippen molar-refractivity contribution in [2.45, 2.75) is 32.8 Å². The van der Waals surface area contributed by atoms with E-state index in [2.05, 4.69) is 10.6 Å². The number of hydrogen-bond acceptors (Lipinski definition) is 4. The molecule has 0 saturated carbocycles. The van der Waals surface area contributed by atoms with Gasteiger partial charge in [0.15, 0.2) is 0 Å². The molecule has 0 aliphatic heterocycles. The van der Waals surface area contributed by atoms with Gasteiger partial charge in [0.2, 0.25) is 0 Å². The van der Waals surface area contributed by atoms with Gasteiger partial charge in [0.25, 0.3) is 0 Å². The average Bonchev–Trinajstić information content (AvgIpc) is 2.32. The summed E-state index contributed by atoms with van der Waals surface area (Å²) in [6.45, 7) is 6.60. The zero-order valence-electron chi connectivity index (χ0n) is 12.4. The third-order valence-electron chi connectivity index (χ3n) is 2.43. The molecule has 1 rings (SSSR count). The molecule has 21 heavy (non-hydrogen) atoms. The molecule has 0 saturated heterocycles. The lowest BCUT2D eigenvalue weighted by Crippen LogP contribution is -2.33. The van der Waals surface area contributed by atoms with Crippen LogP contribution in [0.5, 0.6) is 0 Å². The topological polar surface area (TPSA) is 76.4 Å². The highest BCUT2D eigenvalue weighted by Gasteiger charge is 2.15. The minimum atomic E-state index is -0.489. The molecule has 4 N–H and O–H groups in total. The molecule has 0 atom stereocenters. The molecule has 0 aliphatic carbocycles. The number of carbonyl (C=O) groups is 1. The number of hydrogen-bond donors (Lipinski definition) is 3. The summed E-state index contributed by atoms with van der Waals surface area (Å²) >= 11 is 11.8. The summed E-state index contributed by atoms with van der Waals surface area (Å²) in [5.74, 6) is 0. The predicted molar refractivity (Wildman–Crippen MR) is 88.2 cm³/mol. The van der Waals surface area contributed by atoms with Crippen LogP contribution in [-0.2, 0) is 4.74 Å². The van der Waals surface area contributed by atoms with E-state index in [1.165, 1.54) is 0 Å². The third kappa shape index (κ3) is 6.78. The lowest BCUT2D eigenvalue weighted by atomic mass is 10.2. The van der Waals surface area contributed by atoms with Gasteiger partial charge in [0.1, 0.15) is 5.60 Å². The molecule has 7 heteroatoms. The molecule has 0 bridgehead atoms. The summed E-state index contributed by atoms with van der Waals surface area (Å²) in [5, 5.41) is 6.69. The molecule has 1 amide bonds. The van der Waals surface area contributed by atoms with Crippen molar-refractivity contribution >= 4 is 40.7 Å². The fourth-order valence-corrected chi connectivity index (χ4v) is 1.87. The Morgan fingerprint density at radius 1 is 1.24 bits per heavy atom. The van der Waals surface area contributed by atoms with Gasteiger partial charge in [-0.15, -0.1) is 0 Å². The normalized spacial score (nSPS) is 11.1. The van der Waals surface area contributed by atoms with Crippen molar-refractivity contribution in [3.63, 3.8) is 0 Å². The Bertz CT molecular complexity index is 502. The largest absolute Gasteiger partial charge is 0.444 e. The van der Waals surface area contributed by atoms with Gasteiger partial charge in [-0.25, -0.2) is 4.79 Å². The smallest absolute Gasteiger partial charge is 0.407 e. The van der Waals surface area contributed by atoms with E-state index in [-0.39, 0.29) is 0 Å². The summed E-state index contributed by atoms with van der Waals surface area (Å²) in [7, 11) is 0. The maximum absolute atomic E-state index is 11.4. The summed E-state index contributed by atoms with van der Waals surface area (Å²) < 4.78 is 5.13. The van der Waals surface area contributed by atoms with Crippen LogP contribution in [0, 0.1) is 0 Å². The standard InChI is InChI=1S/C14H21Cl2N3O2/c1-14(2,3)21-13(20)19-6-4-5-18-12-8-10(16)9(15)7-11(12)17/h7-8,18H,4-6,17H2,1-3H3,(H,19,20). The highest BCUT2D eigenvalue weighted by molar-refractivity contribution is 6.42. The number of benzene rings is 1. The van der Waals surface area contributed by atoms with Crippen LogP contribution in [0.1, 0.15) is 27.2 Å². The SMILES string of the molecule is CC(C)(C)OC(=O)NCCCNc1cc(Cl)c(Cl)cc1N. The lowest BCUT2D eigenvalue weighted by molar-refractivity contribution is 0.0528. The Hall–Kier alpha value is -1.33. The number of alkyl carbamates (subject to hydrolysis) is 1. The molecular weight excluding hydrogens is 313 g/mol. The maximum atomic E-state index is 11.4. The maximum Gasteiger partial charge on any atom is 0.407 e. The molecule has 0 aromatic heterocycles. The fraction of sp³-hybridized carbons (Fsp3) is 0.500. The number of amides is 1. The zero-order chi connectivity index (χ0) is 16.0. The second-order valence-corrected chi connectivity index (χ2v) is 6.38. The number of nitrogens with one attached hydrogen (secondary N) is 2. The van der Waals surface area contributed by atoms with Crippen molar-refractivity contribution in [1.29, 1.82) is 0 Å².